The van der Waals surface area contributed by atoms with Crippen LogP contribution in [0.4, 0.5) is 0 Å². The molecule has 0 aliphatic rings. The van der Waals surface area contributed by atoms with E-state index < -0.39 is 17.7 Å². The Bertz CT molecular complexity index is 475. The lowest BCUT2D eigenvalue weighted by Gasteiger charge is -2.19. The van der Waals surface area contributed by atoms with Gasteiger partial charge in [0.05, 0.1) is 12.5 Å². The molecular formula is C14H22N4O4. The first kappa shape index (κ1) is 17.7. The van der Waals surface area contributed by atoms with Crippen molar-refractivity contribution < 1.29 is 19.6 Å². The fourth-order valence-electron chi connectivity index (χ4n) is 1.97. The maximum Gasteiger partial charge on any atom is 0.286 e. The second-order valence-electron chi connectivity index (χ2n) is 4.95. The molecule has 0 aliphatic carbocycles. The SMILES string of the molecule is CCCCC[C@H](CN(O)C=O)C(=O)NNC(=O)c1ccc[nH]1. The van der Waals surface area contributed by atoms with E-state index in [-0.39, 0.29) is 13.0 Å². The van der Waals surface area contributed by atoms with Gasteiger partial charge < -0.3 is 4.98 Å². The molecule has 0 unspecified atom stereocenters. The molecule has 1 aromatic rings. The van der Waals surface area contributed by atoms with Gasteiger partial charge in [-0.15, -0.1) is 0 Å². The predicted octanol–water partition coefficient (Wildman–Crippen LogP) is 0.820. The zero-order valence-electron chi connectivity index (χ0n) is 12.5. The largest absolute Gasteiger partial charge is 0.357 e. The molecule has 4 N–H and O–H groups in total. The van der Waals surface area contributed by atoms with E-state index in [1.165, 1.54) is 0 Å². The maximum atomic E-state index is 12.1. The normalized spacial score (nSPS) is 11.5. The molecule has 122 valence electrons. The number of H-pyrrole nitrogens is 1. The van der Waals surface area contributed by atoms with Crippen molar-refractivity contribution in [3.05, 3.63) is 24.0 Å². The summed E-state index contributed by atoms with van der Waals surface area (Å²) in [5.41, 5.74) is 4.92. The minimum absolute atomic E-state index is 0.114. The monoisotopic (exact) mass is 310 g/mol. The zero-order chi connectivity index (χ0) is 16.4. The minimum Gasteiger partial charge on any atom is -0.357 e. The number of nitrogens with zero attached hydrogens (tertiary/aromatic N) is 1. The molecule has 22 heavy (non-hydrogen) atoms. The highest BCUT2D eigenvalue weighted by molar-refractivity contribution is 5.93. The quantitative estimate of drug-likeness (QED) is 0.234. The summed E-state index contributed by atoms with van der Waals surface area (Å²) in [6.07, 6.45) is 5.10. The lowest BCUT2D eigenvalue weighted by molar-refractivity contribution is -0.154. The van der Waals surface area contributed by atoms with Crippen LogP contribution in [0, 0.1) is 5.92 Å². The van der Waals surface area contributed by atoms with Crippen molar-refractivity contribution in [2.24, 2.45) is 5.92 Å². The number of hydroxylamine groups is 2. The molecule has 0 bridgehead atoms. The molecule has 8 heteroatoms. The Balaban J connectivity index is 2.50. The Hall–Kier alpha value is -2.35. The molecule has 8 nitrogen and oxygen atoms in total. The third-order valence-electron chi connectivity index (χ3n) is 3.20. The summed E-state index contributed by atoms with van der Waals surface area (Å²) in [5, 5.41) is 9.69. The first-order valence-electron chi connectivity index (χ1n) is 7.22. The average molecular weight is 310 g/mol. The Kier molecular flexibility index (Phi) is 7.69. The molecule has 0 saturated heterocycles. The van der Waals surface area contributed by atoms with Crippen LogP contribution in [0.5, 0.6) is 0 Å². The maximum absolute atomic E-state index is 12.1. The molecule has 1 aromatic heterocycles. The van der Waals surface area contributed by atoms with E-state index in [1.54, 1.807) is 18.3 Å². The summed E-state index contributed by atoms with van der Waals surface area (Å²) in [6.45, 7) is 1.92. The van der Waals surface area contributed by atoms with E-state index in [9.17, 15) is 19.6 Å². The Morgan fingerprint density at radius 2 is 2.18 bits per heavy atom. The average Bonchev–Trinajstić information content (AvgIpc) is 3.05. The van der Waals surface area contributed by atoms with Crippen LogP contribution in [0.2, 0.25) is 0 Å². The van der Waals surface area contributed by atoms with Gasteiger partial charge in [0.2, 0.25) is 12.3 Å². The van der Waals surface area contributed by atoms with Gasteiger partial charge in [0, 0.05) is 6.20 Å². The van der Waals surface area contributed by atoms with Gasteiger partial charge in [-0.05, 0) is 18.6 Å². The van der Waals surface area contributed by atoms with Gasteiger partial charge in [-0.2, -0.15) is 0 Å². The molecule has 0 fully saturated rings. The molecule has 0 aromatic carbocycles. The summed E-state index contributed by atoms with van der Waals surface area (Å²) in [4.78, 5) is 37.0. The van der Waals surface area contributed by atoms with Crippen LogP contribution in [0.1, 0.15) is 43.1 Å². The van der Waals surface area contributed by atoms with Crippen molar-refractivity contribution >= 4 is 18.2 Å². The van der Waals surface area contributed by atoms with E-state index in [0.29, 0.717) is 17.2 Å². The van der Waals surface area contributed by atoms with Crippen LogP contribution >= 0.6 is 0 Å². The molecule has 0 saturated carbocycles. The summed E-state index contributed by atoms with van der Waals surface area (Å²) in [7, 11) is 0. The molecule has 3 amide bonds. The first-order valence-corrected chi connectivity index (χ1v) is 7.22. The molecule has 1 heterocycles. The Morgan fingerprint density at radius 3 is 2.77 bits per heavy atom. The van der Waals surface area contributed by atoms with Gasteiger partial charge in [0.15, 0.2) is 0 Å². The van der Waals surface area contributed by atoms with Crippen molar-refractivity contribution in [1.82, 2.24) is 20.9 Å². The summed E-state index contributed by atoms with van der Waals surface area (Å²) < 4.78 is 0. The number of aromatic amines is 1. The van der Waals surface area contributed by atoms with Crippen LogP contribution in [0.15, 0.2) is 18.3 Å². The summed E-state index contributed by atoms with van der Waals surface area (Å²) in [5.74, 6) is -1.51. The second-order valence-corrected chi connectivity index (χ2v) is 4.95. The van der Waals surface area contributed by atoms with Crippen molar-refractivity contribution in [2.45, 2.75) is 32.6 Å². The number of amides is 3. The van der Waals surface area contributed by atoms with Gasteiger partial charge in [-0.3, -0.25) is 30.4 Å². The van der Waals surface area contributed by atoms with E-state index in [0.717, 1.165) is 19.3 Å². The highest BCUT2D eigenvalue weighted by atomic mass is 16.5. The van der Waals surface area contributed by atoms with E-state index in [1.807, 2.05) is 6.92 Å². The van der Waals surface area contributed by atoms with E-state index >= 15 is 0 Å². The number of carbonyl (C=O) groups is 3. The predicted molar refractivity (Wildman–Crippen MR) is 78.6 cm³/mol. The van der Waals surface area contributed by atoms with Gasteiger partial charge >= 0.3 is 0 Å². The van der Waals surface area contributed by atoms with E-state index in [4.69, 9.17) is 0 Å². The van der Waals surface area contributed by atoms with Gasteiger partial charge in [-0.25, -0.2) is 5.06 Å². The highest BCUT2D eigenvalue weighted by Crippen LogP contribution is 2.11. The third kappa shape index (κ3) is 5.96. The second kappa shape index (κ2) is 9.56. The standard InChI is InChI=1S/C14H22N4O4/c1-2-3-4-6-11(9-18(22)10-19)13(20)16-17-14(21)12-7-5-8-15-12/h5,7-8,10-11,15,22H,2-4,6,9H2,1H3,(H,16,20)(H,17,21)/t11-/m1/s1. The Labute approximate surface area is 128 Å². The molecule has 1 atom stereocenters. The van der Waals surface area contributed by atoms with Crippen molar-refractivity contribution in [3.8, 4) is 0 Å². The number of unbranched alkanes of at least 4 members (excludes halogenated alkanes) is 2. The number of rotatable bonds is 9. The van der Waals surface area contributed by atoms with Crippen LogP contribution in [-0.4, -0.2) is 40.0 Å². The molecule has 1 rings (SSSR count). The fourth-order valence-corrected chi connectivity index (χ4v) is 1.97. The van der Waals surface area contributed by atoms with Gasteiger partial charge in [0.25, 0.3) is 5.91 Å². The van der Waals surface area contributed by atoms with Crippen molar-refractivity contribution in [2.75, 3.05) is 6.54 Å². The zero-order valence-corrected chi connectivity index (χ0v) is 12.5. The number of hydrogen-bond donors (Lipinski definition) is 4. The van der Waals surface area contributed by atoms with Crippen LogP contribution in [0.3, 0.4) is 0 Å². The summed E-state index contributed by atoms with van der Waals surface area (Å²) in [6, 6.07) is 3.24. The van der Waals surface area contributed by atoms with Crippen LogP contribution in [0.25, 0.3) is 0 Å². The molecule has 0 spiro atoms. The number of carbonyl (C=O) groups excluding carboxylic acids is 3. The molecule has 0 aliphatic heterocycles. The number of aromatic nitrogens is 1. The number of hydrogen-bond acceptors (Lipinski definition) is 4. The van der Waals surface area contributed by atoms with Crippen LogP contribution in [-0.2, 0) is 9.59 Å². The Morgan fingerprint density at radius 1 is 1.41 bits per heavy atom. The van der Waals surface area contributed by atoms with Crippen molar-refractivity contribution in [1.29, 1.82) is 0 Å². The number of hydrazine groups is 1. The lowest BCUT2D eigenvalue weighted by atomic mass is 10.0. The summed E-state index contributed by atoms with van der Waals surface area (Å²) >= 11 is 0. The van der Waals surface area contributed by atoms with Gasteiger partial charge in [0.1, 0.15) is 5.69 Å². The van der Waals surface area contributed by atoms with Gasteiger partial charge in [-0.1, -0.05) is 26.2 Å². The first-order chi connectivity index (χ1) is 10.6. The molecular weight excluding hydrogens is 288 g/mol. The highest BCUT2D eigenvalue weighted by Gasteiger charge is 2.21. The topological polar surface area (TPSA) is 115 Å². The minimum atomic E-state index is -0.592. The smallest absolute Gasteiger partial charge is 0.286 e. The van der Waals surface area contributed by atoms with Crippen molar-refractivity contribution in [3.63, 3.8) is 0 Å². The van der Waals surface area contributed by atoms with Crippen LogP contribution < -0.4 is 10.9 Å². The lowest BCUT2D eigenvalue weighted by Crippen LogP contribution is -2.46. The molecule has 0 radical (unpaired) electrons. The number of nitrogens with one attached hydrogen (secondary N) is 3. The third-order valence-corrected chi connectivity index (χ3v) is 3.20. The fraction of sp³-hybridized carbons (Fsp3) is 0.500. The van der Waals surface area contributed by atoms with E-state index in [2.05, 4.69) is 15.8 Å².